The van der Waals surface area contributed by atoms with Gasteiger partial charge in [0, 0.05) is 30.7 Å². The minimum atomic E-state index is -0.751. The number of carbonyl (C=O) groups excluding carboxylic acids is 2. The molecule has 1 saturated heterocycles. The number of aliphatic carboxylic acids is 1. The number of anilines is 1. The Labute approximate surface area is 237 Å². The topological polar surface area (TPSA) is 101 Å². The van der Waals surface area contributed by atoms with Crippen molar-refractivity contribution in [3.63, 3.8) is 0 Å². The average molecular weight is 570 g/mol. The van der Waals surface area contributed by atoms with Gasteiger partial charge in [-0.3, -0.25) is 14.4 Å². The van der Waals surface area contributed by atoms with Crippen LogP contribution in [0.25, 0.3) is 10.9 Å². The van der Waals surface area contributed by atoms with Crippen molar-refractivity contribution in [3.05, 3.63) is 64.6 Å². The van der Waals surface area contributed by atoms with E-state index in [9.17, 15) is 19.5 Å². The normalized spacial score (nSPS) is 21.1. The van der Waals surface area contributed by atoms with Gasteiger partial charge in [-0.1, -0.05) is 29.8 Å². The standard InChI is InChI=1S/C30H33ClFN3O5/c1-34-16-23(22-6-2-3-7-27(22)34)29(37)33-26-15-25(32)19(13-24(26)31)14-28(36)35-12-4-5-20(35)17-40-21-10-8-18(9-11-21)30(38)39/h2-3,6-7,13,15-16,18,20-21H,4-5,8-12,14,17H2,1H3,(H,33,37)(H,38,39)/t18?,20-,21?/m0/s1. The van der Waals surface area contributed by atoms with Crippen LogP contribution in [0.15, 0.2) is 42.6 Å². The third-order valence-electron chi connectivity index (χ3n) is 8.11. The summed E-state index contributed by atoms with van der Waals surface area (Å²) >= 11 is 6.43. The van der Waals surface area contributed by atoms with Gasteiger partial charge in [-0.2, -0.15) is 0 Å². The zero-order chi connectivity index (χ0) is 28.4. The van der Waals surface area contributed by atoms with Crippen molar-refractivity contribution in [2.45, 2.75) is 57.1 Å². The van der Waals surface area contributed by atoms with Crippen LogP contribution in [0.1, 0.15) is 54.4 Å². The van der Waals surface area contributed by atoms with Gasteiger partial charge in [0.25, 0.3) is 5.91 Å². The highest BCUT2D eigenvalue weighted by atomic mass is 35.5. The summed E-state index contributed by atoms with van der Waals surface area (Å²) in [5.74, 6) is -2.28. The number of ether oxygens (including phenoxy) is 1. The Bertz CT molecular complexity index is 1430. The van der Waals surface area contributed by atoms with E-state index in [1.165, 1.54) is 6.07 Å². The van der Waals surface area contributed by atoms with Gasteiger partial charge in [0.05, 0.1) is 47.4 Å². The molecule has 0 spiro atoms. The van der Waals surface area contributed by atoms with Gasteiger partial charge in [-0.15, -0.1) is 0 Å². The number of likely N-dealkylation sites (tertiary alicyclic amines) is 1. The molecule has 0 radical (unpaired) electrons. The van der Waals surface area contributed by atoms with E-state index in [2.05, 4.69) is 5.32 Å². The number of para-hydroxylation sites is 1. The number of halogens is 2. The molecule has 212 valence electrons. The number of hydrogen-bond donors (Lipinski definition) is 2. The summed E-state index contributed by atoms with van der Waals surface area (Å²) in [5.41, 5.74) is 1.65. The molecule has 10 heteroatoms. The van der Waals surface area contributed by atoms with E-state index >= 15 is 4.39 Å². The Morgan fingerprint density at radius 3 is 2.62 bits per heavy atom. The lowest BCUT2D eigenvalue weighted by Gasteiger charge is -2.30. The molecule has 5 rings (SSSR count). The number of aromatic nitrogens is 1. The van der Waals surface area contributed by atoms with Crippen molar-refractivity contribution in [3.8, 4) is 0 Å². The Morgan fingerprint density at radius 1 is 1.12 bits per heavy atom. The molecule has 0 bridgehead atoms. The fourth-order valence-corrected chi connectivity index (χ4v) is 6.09. The monoisotopic (exact) mass is 569 g/mol. The second-order valence-electron chi connectivity index (χ2n) is 10.8. The maximum absolute atomic E-state index is 15.1. The first kappa shape index (κ1) is 28.1. The molecule has 40 heavy (non-hydrogen) atoms. The van der Waals surface area contributed by atoms with Gasteiger partial charge in [-0.05, 0) is 62.3 Å². The van der Waals surface area contributed by atoms with Gasteiger partial charge in [-0.25, -0.2) is 4.39 Å². The van der Waals surface area contributed by atoms with Crippen molar-refractivity contribution >= 4 is 46.0 Å². The highest BCUT2D eigenvalue weighted by Gasteiger charge is 2.32. The van der Waals surface area contributed by atoms with Crippen molar-refractivity contribution in [1.82, 2.24) is 9.47 Å². The maximum Gasteiger partial charge on any atom is 0.306 e. The number of nitrogens with one attached hydrogen (secondary N) is 1. The first-order valence-corrected chi connectivity index (χ1v) is 14.1. The summed E-state index contributed by atoms with van der Waals surface area (Å²) in [5, 5.41) is 12.8. The van der Waals surface area contributed by atoms with Crippen LogP contribution >= 0.6 is 11.6 Å². The van der Waals surface area contributed by atoms with Crippen LogP contribution in [0.3, 0.4) is 0 Å². The quantitative estimate of drug-likeness (QED) is 0.377. The Morgan fingerprint density at radius 2 is 1.88 bits per heavy atom. The lowest BCUT2D eigenvalue weighted by molar-refractivity contribution is -0.144. The van der Waals surface area contributed by atoms with Crippen LogP contribution in [-0.4, -0.2) is 57.7 Å². The molecule has 2 aromatic carbocycles. The fourth-order valence-electron chi connectivity index (χ4n) is 5.86. The number of fused-ring (bicyclic) bond motifs is 1. The highest BCUT2D eigenvalue weighted by molar-refractivity contribution is 6.34. The molecular formula is C30H33ClFN3O5. The van der Waals surface area contributed by atoms with E-state index in [4.69, 9.17) is 16.3 Å². The number of benzene rings is 2. The minimum Gasteiger partial charge on any atom is -0.481 e. The highest BCUT2D eigenvalue weighted by Crippen LogP contribution is 2.30. The SMILES string of the molecule is Cn1cc(C(=O)Nc2cc(F)c(CC(=O)N3CCC[C@H]3COC3CCC(C(=O)O)CC3)cc2Cl)c2ccccc21. The zero-order valence-electron chi connectivity index (χ0n) is 22.4. The predicted molar refractivity (Wildman–Crippen MR) is 150 cm³/mol. The first-order chi connectivity index (χ1) is 19.2. The summed E-state index contributed by atoms with van der Waals surface area (Å²) in [7, 11) is 1.85. The lowest BCUT2D eigenvalue weighted by atomic mass is 9.87. The van der Waals surface area contributed by atoms with Crippen LogP contribution in [0.2, 0.25) is 5.02 Å². The van der Waals surface area contributed by atoms with E-state index in [-0.39, 0.29) is 46.7 Å². The molecule has 1 aromatic heterocycles. The molecule has 1 atom stereocenters. The first-order valence-electron chi connectivity index (χ1n) is 13.7. The van der Waals surface area contributed by atoms with Crippen LogP contribution < -0.4 is 5.32 Å². The van der Waals surface area contributed by atoms with Crippen LogP contribution in [0.4, 0.5) is 10.1 Å². The molecule has 1 aliphatic heterocycles. The smallest absolute Gasteiger partial charge is 0.306 e. The molecule has 2 amide bonds. The molecule has 2 N–H and O–H groups in total. The number of carbonyl (C=O) groups is 3. The average Bonchev–Trinajstić information content (AvgIpc) is 3.55. The number of carboxylic acids is 1. The molecule has 1 aliphatic carbocycles. The van der Waals surface area contributed by atoms with Crippen LogP contribution in [0, 0.1) is 11.7 Å². The predicted octanol–water partition coefficient (Wildman–Crippen LogP) is 5.42. The molecular weight excluding hydrogens is 537 g/mol. The molecule has 1 saturated carbocycles. The number of nitrogens with zero attached hydrogens (tertiary/aromatic N) is 2. The Balaban J connectivity index is 1.20. The number of hydrogen-bond acceptors (Lipinski definition) is 4. The number of carboxylic acid groups (broad SMARTS) is 1. The van der Waals surface area contributed by atoms with Crippen LogP contribution in [-0.2, 0) is 27.8 Å². The maximum atomic E-state index is 15.1. The van der Waals surface area contributed by atoms with Crippen LogP contribution in [0.5, 0.6) is 0 Å². The van der Waals surface area contributed by atoms with E-state index in [1.54, 1.807) is 11.1 Å². The second kappa shape index (κ2) is 12.0. The van der Waals surface area contributed by atoms with Crippen molar-refractivity contribution < 1.29 is 28.6 Å². The van der Waals surface area contributed by atoms with Gasteiger partial charge in [0.2, 0.25) is 5.91 Å². The summed E-state index contributed by atoms with van der Waals surface area (Å²) in [4.78, 5) is 39.1. The van der Waals surface area contributed by atoms with Crippen molar-refractivity contribution in [1.29, 1.82) is 0 Å². The summed E-state index contributed by atoms with van der Waals surface area (Å²) < 4.78 is 23.0. The summed E-state index contributed by atoms with van der Waals surface area (Å²) in [6.45, 7) is 0.962. The zero-order valence-corrected chi connectivity index (χ0v) is 23.1. The molecule has 0 unspecified atom stereocenters. The Hall–Kier alpha value is -3.43. The van der Waals surface area contributed by atoms with Gasteiger partial charge >= 0.3 is 5.97 Å². The number of amides is 2. The van der Waals surface area contributed by atoms with E-state index < -0.39 is 17.7 Å². The molecule has 2 fully saturated rings. The van der Waals surface area contributed by atoms with Gasteiger partial charge in [0.15, 0.2) is 0 Å². The minimum absolute atomic E-state index is 0.000956. The van der Waals surface area contributed by atoms with E-state index in [0.717, 1.165) is 29.8 Å². The van der Waals surface area contributed by atoms with Crippen molar-refractivity contribution in [2.24, 2.45) is 13.0 Å². The molecule has 8 nitrogen and oxygen atoms in total. The molecule has 3 aromatic rings. The van der Waals surface area contributed by atoms with Gasteiger partial charge < -0.3 is 24.6 Å². The lowest BCUT2D eigenvalue weighted by Crippen LogP contribution is -2.40. The van der Waals surface area contributed by atoms with E-state index in [1.807, 2.05) is 35.9 Å². The van der Waals surface area contributed by atoms with E-state index in [0.29, 0.717) is 44.4 Å². The largest absolute Gasteiger partial charge is 0.481 e. The third-order valence-corrected chi connectivity index (χ3v) is 8.43. The van der Waals surface area contributed by atoms with Gasteiger partial charge in [0.1, 0.15) is 5.82 Å². The fraction of sp³-hybridized carbons (Fsp3) is 0.433. The Kier molecular flexibility index (Phi) is 8.42. The number of rotatable bonds is 8. The van der Waals surface area contributed by atoms with Crippen molar-refractivity contribution in [2.75, 3.05) is 18.5 Å². The number of aryl methyl sites for hydroxylation is 1. The summed E-state index contributed by atoms with van der Waals surface area (Å²) in [6, 6.07) is 9.96. The molecule has 2 aliphatic rings. The molecule has 2 heterocycles. The third kappa shape index (κ3) is 6.00. The summed E-state index contributed by atoms with van der Waals surface area (Å²) in [6.07, 6.45) is 5.82. The second-order valence-corrected chi connectivity index (χ2v) is 11.2.